The summed E-state index contributed by atoms with van der Waals surface area (Å²) in [4.78, 5) is 26.0. The number of aliphatic carboxylic acids is 1. The van der Waals surface area contributed by atoms with E-state index in [4.69, 9.17) is 0 Å². The number of rotatable bonds is 5. The summed E-state index contributed by atoms with van der Waals surface area (Å²) in [6, 6.07) is 26.7. The number of anilines is 1. The summed E-state index contributed by atoms with van der Waals surface area (Å²) in [5.74, 6) is -3.60. The zero-order chi connectivity index (χ0) is 21.8. The van der Waals surface area contributed by atoms with Gasteiger partial charge in [0.1, 0.15) is 0 Å². The summed E-state index contributed by atoms with van der Waals surface area (Å²) in [6.07, 6.45) is 3.94. The molecule has 0 heterocycles. The number of carbonyl (C=O) groups is 2. The maximum Gasteiger partial charge on any atom is 0.308 e. The standard InChI is InChI=1S/C27H25NO3/c1-18-12-14-21(15-13-18)28-26(29)24-22(19-8-4-2-5-9-19)16-17-23(25(24)27(30)31)20-10-6-3-7-11-20/h2-17,22-25H,1H3,(H,28,29)(H,30,31)/t22-,23-,24+,25+/m1/s1. The van der Waals surface area contributed by atoms with E-state index in [0.29, 0.717) is 5.69 Å². The zero-order valence-corrected chi connectivity index (χ0v) is 17.3. The molecule has 4 heteroatoms. The van der Waals surface area contributed by atoms with E-state index < -0.39 is 17.8 Å². The van der Waals surface area contributed by atoms with Crippen LogP contribution in [-0.2, 0) is 9.59 Å². The van der Waals surface area contributed by atoms with Crippen LogP contribution in [0.3, 0.4) is 0 Å². The van der Waals surface area contributed by atoms with E-state index in [9.17, 15) is 14.7 Å². The van der Waals surface area contributed by atoms with E-state index in [2.05, 4.69) is 5.32 Å². The molecule has 4 nitrogen and oxygen atoms in total. The van der Waals surface area contributed by atoms with Crippen LogP contribution in [0.2, 0.25) is 0 Å². The number of benzene rings is 3. The number of amides is 1. The van der Waals surface area contributed by atoms with Crippen LogP contribution in [0.4, 0.5) is 5.69 Å². The Morgan fingerprint density at radius 2 is 1.19 bits per heavy atom. The predicted molar refractivity (Wildman–Crippen MR) is 122 cm³/mol. The first-order chi connectivity index (χ1) is 15.0. The molecule has 0 saturated heterocycles. The number of aryl methyl sites for hydroxylation is 1. The molecule has 0 radical (unpaired) electrons. The van der Waals surface area contributed by atoms with Crippen molar-refractivity contribution < 1.29 is 14.7 Å². The molecule has 0 spiro atoms. The van der Waals surface area contributed by atoms with E-state index >= 15 is 0 Å². The number of nitrogens with one attached hydrogen (secondary N) is 1. The normalized spacial score (nSPS) is 22.6. The fourth-order valence-corrected chi connectivity index (χ4v) is 4.41. The minimum atomic E-state index is -0.969. The number of carboxylic acids is 1. The van der Waals surface area contributed by atoms with E-state index in [-0.39, 0.29) is 17.7 Å². The average molecular weight is 412 g/mol. The van der Waals surface area contributed by atoms with Crippen LogP contribution in [-0.4, -0.2) is 17.0 Å². The molecule has 3 aromatic carbocycles. The minimum Gasteiger partial charge on any atom is -0.481 e. The van der Waals surface area contributed by atoms with Crippen LogP contribution in [0.25, 0.3) is 0 Å². The van der Waals surface area contributed by atoms with Gasteiger partial charge in [-0.25, -0.2) is 0 Å². The third-order valence-corrected chi connectivity index (χ3v) is 5.96. The first kappa shape index (κ1) is 20.6. The lowest BCUT2D eigenvalue weighted by atomic mass is 9.66. The number of hydrogen-bond donors (Lipinski definition) is 2. The highest BCUT2D eigenvalue weighted by atomic mass is 16.4. The Labute approximate surface area is 182 Å². The van der Waals surface area contributed by atoms with Crippen LogP contribution in [0, 0.1) is 18.8 Å². The molecule has 0 unspecified atom stereocenters. The Kier molecular flexibility index (Phi) is 5.99. The number of hydrogen-bond acceptors (Lipinski definition) is 2. The summed E-state index contributed by atoms with van der Waals surface area (Å²) in [5, 5.41) is 13.2. The molecule has 4 atom stereocenters. The second-order valence-corrected chi connectivity index (χ2v) is 8.00. The Morgan fingerprint density at radius 3 is 1.68 bits per heavy atom. The van der Waals surface area contributed by atoms with E-state index in [1.165, 1.54) is 0 Å². The molecule has 1 aliphatic carbocycles. The molecule has 2 N–H and O–H groups in total. The predicted octanol–water partition coefficient (Wildman–Crippen LogP) is 5.39. The molecule has 4 rings (SSSR count). The van der Waals surface area contributed by atoms with Gasteiger partial charge in [-0.3, -0.25) is 9.59 Å². The lowest BCUT2D eigenvalue weighted by Gasteiger charge is -2.37. The molecule has 0 saturated carbocycles. The molecule has 156 valence electrons. The van der Waals surface area contributed by atoms with E-state index in [0.717, 1.165) is 16.7 Å². The summed E-state index contributed by atoms with van der Waals surface area (Å²) >= 11 is 0. The van der Waals surface area contributed by atoms with Gasteiger partial charge in [0.25, 0.3) is 0 Å². The third kappa shape index (κ3) is 4.43. The molecule has 0 aromatic heterocycles. The number of allylic oxidation sites excluding steroid dienone is 2. The Balaban J connectivity index is 1.76. The molecule has 0 aliphatic heterocycles. The highest BCUT2D eigenvalue weighted by Crippen LogP contribution is 2.45. The molecule has 31 heavy (non-hydrogen) atoms. The fourth-order valence-electron chi connectivity index (χ4n) is 4.41. The maximum atomic E-state index is 13.5. The fraction of sp³-hybridized carbons (Fsp3) is 0.185. The second kappa shape index (κ2) is 9.00. The van der Waals surface area contributed by atoms with Crippen LogP contribution in [0.5, 0.6) is 0 Å². The SMILES string of the molecule is Cc1ccc(NC(=O)[C@@H]2[C@@H](C(=O)O)[C@@H](c3ccccc3)C=C[C@@H]2c2ccccc2)cc1. The highest BCUT2D eigenvalue weighted by Gasteiger charge is 2.46. The largest absolute Gasteiger partial charge is 0.481 e. The van der Waals surface area contributed by atoms with Crippen LogP contribution in [0.15, 0.2) is 97.1 Å². The zero-order valence-electron chi connectivity index (χ0n) is 17.3. The van der Waals surface area contributed by atoms with Crippen molar-refractivity contribution in [1.29, 1.82) is 0 Å². The topological polar surface area (TPSA) is 66.4 Å². The molecule has 0 fully saturated rings. The maximum absolute atomic E-state index is 13.5. The number of carboxylic acid groups (broad SMARTS) is 1. The smallest absolute Gasteiger partial charge is 0.308 e. The van der Waals surface area contributed by atoms with Gasteiger partial charge in [0, 0.05) is 17.5 Å². The quantitative estimate of drug-likeness (QED) is 0.553. The second-order valence-electron chi connectivity index (χ2n) is 8.00. The van der Waals surface area contributed by atoms with Crippen molar-refractivity contribution in [3.05, 3.63) is 114 Å². The minimum absolute atomic E-state index is 0.282. The van der Waals surface area contributed by atoms with Crippen LogP contribution in [0.1, 0.15) is 28.5 Å². The molecule has 3 aromatic rings. The van der Waals surface area contributed by atoms with Crippen LogP contribution < -0.4 is 5.32 Å². The van der Waals surface area contributed by atoms with Gasteiger partial charge in [-0.1, -0.05) is 90.5 Å². The molecule has 0 bridgehead atoms. The monoisotopic (exact) mass is 411 g/mol. The van der Waals surface area contributed by atoms with Crippen molar-refractivity contribution in [3.63, 3.8) is 0 Å². The van der Waals surface area contributed by atoms with Crippen molar-refractivity contribution in [2.24, 2.45) is 11.8 Å². The van der Waals surface area contributed by atoms with Gasteiger partial charge in [-0.15, -0.1) is 0 Å². The summed E-state index contributed by atoms with van der Waals surface area (Å²) in [6.45, 7) is 1.98. The van der Waals surface area contributed by atoms with Crippen molar-refractivity contribution in [2.45, 2.75) is 18.8 Å². The third-order valence-electron chi connectivity index (χ3n) is 5.96. The molecular weight excluding hydrogens is 386 g/mol. The average Bonchev–Trinajstić information content (AvgIpc) is 2.80. The van der Waals surface area contributed by atoms with Crippen molar-refractivity contribution in [3.8, 4) is 0 Å². The Morgan fingerprint density at radius 1 is 0.710 bits per heavy atom. The van der Waals surface area contributed by atoms with Crippen molar-refractivity contribution in [1.82, 2.24) is 0 Å². The molecule has 1 aliphatic rings. The van der Waals surface area contributed by atoms with Crippen molar-refractivity contribution in [2.75, 3.05) is 5.32 Å². The molecule has 1 amide bonds. The van der Waals surface area contributed by atoms with Gasteiger partial charge in [0.05, 0.1) is 11.8 Å². The first-order valence-electron chi connectivity index (χ1n) is 10.4. The lowest BCUT2D eigenvalue weighted by molar-refractivity contribution is -0.147. The Hall–Kier alpha value is -3.66. The van der Waals surface area contributed by atoms with Crippen molar-refractivity contribution >= 4 is 17.6 Å². The molecular formula is C27H25NO3. The summed E-state index contributed by atoms with van der Waals surface area (Å²) < 4.78 is 0. The van der Waals surface area contributed by atoms with Gasteiger partial charge < -0.3 is 10.4 Å². The first-order valence-corrected chi connectivity index (χ1v) is 10.4. The summed E-state index contributed by atoms with van der Waals surface area (Å²) in [5.41, 5.74) is 3.58. The van der Waals surface area contributed by atoms with Gasteiger partial charge in [-0.05, 0) is 30.2 Å². The van der Waals surface area contributed by atoms with E-state index in [1.54, 1.807) is 0 Å². The summed E-state index contributed by atoms with van der Waals surface area (Å²) in [7, 11) is 0. The van der Waals surface area contributed by atoms with Gasteiger partial charge in [-0.2, -0.15) is 0 Å². The Bertz CT molecular complexity index is 1070. The lowest BCUT2D eigenvalue weighted by Crippen LogP contribution is -2.42. The van der Waals surface area contributed by atoms with Gasteiger partial charge in [0.2, 0.25) is 5.91 Å². The highest BCUT2D eigenvalue weighted by molar-refractivity contribution is 5.96. The number of carbonyl (C=O) groups excluding carboxylic acids is 1. The van der Waals surface area contributed by atoms with Gasteiger partial charge in [0.15, 0.2) is 0 Å². The van der Waals surface area contributed by atoms with E-state index in [1.807, 2.05) is 104 Å². The van der Waals surface area contributed by atoms with Gasteiger partial charge >= 0.3 is 5.97 Å². The van der Waals surface area contributed by atoms with Crippen LogP contribution >= 0.6 is 0 Å².